The molecule has 1 unspecified atom stereocenters. The summed E-state index contributed by atoms with van der Waals surface area (Å²) in [7, 11) is 0. The van der Waals surface area contributed by atoms with E-state index in [4.69, 9.17) is 4.98 Å². The van der Waals surface area contributed by atoms with Crippen molar-refractivity contribution in [3.63, 3.8) is 0 Å². The molecule has 1 saturated heterocycles. The van der Waals surface area contributed by atoms with Crippen LogP contribution in [0.5, 0.6) is 0 Å². The first-order chi connectivity index (χ1) is 9.61. The minimum absolute atomic E-state index is 0.138. The number of hydrogen-bond donors (Lipinski definition) is 2. The molecule has 2 N–H and O–H groups in total. The van der Waals surface area contributed by atoms with Gasteiger partial charge in [-0.1, -0.05) is 6.92 Å². The van der Waals surface area contributed by atoms with Gasteiger partial charge < -0.3 is 15.5 Å². The molecule has 5 nitrogen and oxygen atoms in total. The van der Waals surface area contributed by atoms with Crippen LogP contribution in [-0.2, 0) is 4.79 Å². The van der Waals surface area contributed by atoms with Crippen molar-refractivity contribution in [1.29, 1.82) is 0 Å². The van der Waals surface area contributed by atoms with E-state index in [2.05, 4.69) is 36.3 Å². The molecule has 0 aromatic carbocycles. The lowest BCUT2D eigenvalue weighted by atomic mass is 10.2. The number of nitrogens with zero attached hydrogens (tertiary/aromatic N) is 2. The Labute approximate surface area is 124 Å². The second-order valence-corrected chi connectivity index (χ2v) is 6.22. The summed E-state index contributed by atoms with van der Waals surface area (Å²) in [5.41, 5.74) is 1.10. The molecule has 2 rings (SSSR count). The van der Waals surface area contributed by atoms with Crippen LogP contribution in [0.2, 0.25) is 0 Å². The lowest BCUT2D eigenvalue weighted by molar-refractivity contribution is -0.120. The molecule has 0 aliphatic carbocycles. The lowest BCUT2D eigenvalue weighted by Crippen LogP contribution is -2.28. The smallest absolute Gasteiger partial charge is 0.221 e. The Morgan fingerprint density at radius 2 is 2.30 bits per heavy atom. The van der Waals surface area contributed by atoms with Gasteiger partial charge in [-0.05, 0) is 26.8 Å². The molecular weight excluding hydrogens is 272 g/mol. The van der Waals surface area contributed by atoms with Crippen molar-refractivity contribution in [1.82, 2.24) is 15.6 Å². The van der Waals surface area contributed by atoms with Gasteiger partial charge in [0.1, 0.15) is 0 Å². The van der Waals surface area contributed by atoms with Gasteiger partial charge in [-0.15, -0.1) is 11.3 Å². The first-order valence-electron chi connectivity index (χ1n) is 7.34. The van der Waals surface area contributed by atoms with Crippen molar-refractivity contribution in [3.8, 4) is 0 Å². The van der Waals surface area contributed by atoms with Crippen LogP contribution in [0.4, 0.5) is 5.13 Å². The van der Waals surface area contributed by atoms with E-state index < -0.39 is 0 Å². The lowest BCUT2D eigenvalue weighted by Gasteiger charge is -2.17. The Morgan fingerprint density at radius 3 is 3.05 bits per heavy atom. The number of carbonyl (C=O) groups excluding carboxylic acids is 1. The molecule has 2 heterocycles. The number of thiazole rings is 1. The van der Waals surface area contributed by atoms with Gasteiger partial charge in [0.2, 0.25) is 5.91 Å². The Kier molecular flexibility index (Phi) is 5.37. The van der Waals surface area contributed by atoms with Crippen molar-refractivity contribution in [2.45, 2.75) is 39.7 Å². The molecule has 1 aromatic heterocycles. The largest absolute Gasteiger partial charge is 0.354 e. The standard InChI is InChI=1S/C14H24N4OS/c1-4-6-15-10(2)13-11(3)17-14(20-13)18-8-5-12(19)16-7-9-18/h10,15H,4-9H2,1-3H3,(H,16,19). The molecule has 1 aliphatic rings. The average Bonchev–Trinajstić information content (AvgIpc) is 2.68. The summed E-state index contributed by atoms with van der Waals surface area (Å²) in [5, 5.41) is 7.45. The molecule has 1 amide bonds. The fourth-order valence-corrected chi connectivity index (χ4v) is 3.49. The third-order valence-corrected chi connectivity index (χ3v) is 4.90. The zero-order valence-electron chi connectivity index (χ0n) is 12.5. The monoisotopic (exact) mass is 296 g/mol. The van der Waals surface area contributed by atoms with Crippen LogP contribution >= 0.6 is 11.3 Å². The van der Waals surface area contributed by atoms with E-state index in [1.165, 1.54) is 4.88 Å². The van der Waals surface area contributed by atoms with E-state index in [9.17, 15) is 4.79 Å². The first-order valence-corrected chi connectivity index (χ1v) is 8.15. The Bertz CT molecular complexity index is 460. The summed E-state index contributed by atoms with van der Waals surface area (Å²) < 4.78 is 0. The van der Waals surface area contributed by atoms with E-state index in [1.54, 1.807) is 11.3 Å². The molecule has 6 heteroatoms. The number of amides is 1. The SMILES string of the molecule is CCCNC(C)c1sc(N2CCNC(=O)CC2)nc1C. The topological polar surface area (TPSA) is 57.3 Å². The minimum Gasteiger partial charge on any atom is -0.354 e. The maximum atomic E-state index is 11.4. The normalized spacial score (nSPS) is 17.8. The Balaban J connectivity index is 2.07. The van der Waals surface area contributed by atoms with E-state index >= 15 is 0 Å². The second kappa shape index (κ2) is 7.04. The molecule has 1 fully saturated rings. The fourth-order valence-electron chi connectivity index (χ4n) is 2.34. The van der Waals surface area contributed by atoms with Gasteiger partial charge in [0, 0.05) is 37.0 Å². The number of anilines is 1. The van der Waals surface area contributed by atoms with Crippen molar-refractivity contribution in [2.24, 2.45) is 0 Å². The van der Waals surface area contributed by atoms with Crippen LogP contribution in [0.3, 0.4) is 0 Å². The zero-order valence-corrected chi connectivity index (χ0v) is 13.3. The summed E-state index contributed by atoms with van der Waals surface area (Å²) in [4.78, 5) is 19.6. The Morgan fingerprint density at radius 1 is 1.50 bits per heavy atom. The quantitative estimate of drug-likeness (QED) is 0.870. The van der Waals surface area contributed by atoms with Gasteiger partial charge in [-0.3, -0.25) is 4.79 Å². The van der Waals surface area contributed by atoms with Crippen LogP contribution in [0, 0.1) is 6.92 Å². The molecule has 0 spiro atoms. The number of carbonyl (C=O) groups is 1. The summed E-state index contributed by atoms with van der Waals surface area (Å²) in [6.07, 6.45) is 1.69. The predicted molar refractivity (Wildman–Crippen MR) is 83.4 cm³/mol. The molecule has 0 saturated carbocycles. The molecule has 1 aromatic rings. The van der Waals surface area contributed by atoms with Gasteiger partial charge >= 0.3 is 0 Å². The van der Waals surface area contributed by atoms with Crippen molar-refractivity contribution in [3.05, 3.63) is 10.6 Å². The highest BCUT2D eigenvalue weighted by Gasteiger charge is 2.20. The average molecular weight is 296 g/mol. The molecule has 0 bridgehead atoms. The first kappa shape index (κ1) is 15.3. The minimum atomic E-state index is 0.138. The van der Waals surface area contributed by atoms with Crippen LogP contribution in [0.15, 0.2) is 0 Å². The van der Waals surface area contributed by atoms with Gasteiger partial charge in [0.15, 0.2) is 5.13 Å². The predicted octanol–water partition coefficient (Wildman–Crippen LogP) is 1.84. The second-order valence-electron chi connectivity index (χ2n) is 5.21. The highest BCUT2D eigenvalue weighted by Crippen LogP contribution is 2.30. The number of aromatic nitrogens is 1. The van der Waals surface area contributed by atoms with Gasteiger partial charge in [0.25, 0.3) is 0 Å². The summed E-state index contributed by atoms with van der Waals surface area (Å²) in [6.45, 7) is 9.76. The fraction of sp³-hybridized carbons (Fsp3) is 0.714. The van der Waals surface area contributed by atoms with Crippen LogP contribution in [0.1, 0.15) is 43.3 Å². The maximum absolute atomic E-state index is 11.4. The summed E-state index contributed by atoms with van der Waals surface area (Å²) in [6, 6.07) is 0.341. The van der Waals surface area contributed by atoms with Crippen LogP contribution < -0.4 is 15.5 Å². The maximum Gasteiger partial charge on any atom is 0.221 e. The number of nitrogens with one attached hydrogen (secondary N) is 2. The number of rotatable bonds is 5. The van der Waals surface area contributed by atoms with E-state index in [1.807, 2.05) is 0 Å². The van der Waals surface area contributed by atoms with Crippen LogP contribution in [0.25, 0.3) is 0 Å². The molecule has 1 aliphatic heterocycles. The van der Waals surface area contributed by atoms with Crippen molar-refractivity contribution >= 4 is 22.4 Å². The summed E-state index contributed by atoms with van der Waals surface area (Å²) >= 11 is 1.75. The van der Waals surface area contributed by atoms with E-state index in [0.717, 1.165) is 36.9 Å². The molecule has 112 valence electrons. The summed E-state index contributed by atoms with van der Waals surface area (Å²) in [5.74, 6) is 0.138. The van der Waals surface area contributed by atoms with E-state index in [0.29, 0.717) is 19.0 Å². The van der Waals surface area contributed by atoms with Gasteiger partial charge in [0.05, 0.1) is 5.69 Å². The van der Waals surface area contributed by atoms with Crippen LogP contribution in [-0.4, -0.2) is 37.1 Å². The van der Waals surface area contributed by atoms with Crippen molar-refractivity contribution in [2.75, 3.05) is 31.1 Å². The third kappa shape index (κ3) is 3.70. The van der Waals surface area contributed by atoms with Gasteiger partial charge in [-0.2, -0.15) is 0 Å². The highest BCUT2D eigenvalue weighted by atomic mass is 32.1. The highest BCUT2D eigenvalue weighted by molar-refractivity contribution is 7.15. The number of hydrogen-bond acceptors (Lipinski definition) is 5. The Hall–Kier alpha value is -1.14. The molecule has 1 atom stereocenters. The zero-order chi connectivity index (χ0) is 14.5. The molecular formula is C14H24N4OS. The van der Waals surface area contributed by atoms with Crippen molar-refractivity contribution < 1.29 is 4.79 Å². The third-order valence-electron chi connectivity index (χ3n) is 3.50. The van der Waals surface area contributed by atoms with E-state index in [-0.39, 0.29) is 5.91 Å². The number of aryl methyl sites for hydroxylation is 1. The van der Waals surface area contributed by atoms with Gasteiger partial charge in [-0.25, -0.2) is 4.98 Å². The molecule has 0 radical (unpaired) electrons. The molecule has 20 heavy (non-hydrogen) atoms.